The number of nitrogens with zero attached hydrogens (tertiary/aromatic N) is 2. The SMILES string of the molecule is CCCN(CC(=O)N(C)C)C(=O)N[C@H](C(=O)O)C(C)C. The monoisotopic (exact) mass is 287 g/mol. The largest absolute Gasteiger partial charge is 0.480 e. The van der Waals surface area contributed by atoms with Gasteiger partial charge in [0.2, 0.25) is 5.91 Å². The number of carbonyl (C=O) groups is 3. The van der Waals surface area contributed by atoms with E-state index in [1.54, 1.807) is 27.9 Å². The minimum absolute atomic E-state index is 0.0584. The second kappa shape index (κ2) is 8.39. The van der Waals surface area contributed by atoms with E-state index in [1.807, 2.05) is 6.92 Å². The van der Waals surface area contributed by atoms with Crippen molar-refractivity contribution in [1.82, 2.24) is 15.1 Å². The highest BCUT2D eigenvalue weighted by Gasteiger charge is 2.26. The first-order valence-corrected chi connectivity index (χ1v) is 6.69. The number of amides is 3. The lowest BCUT2D eigenvalue weighted by atomic mass is 10.1. The summed E-state index contributed by atoms with van der Waals surface area (Å²) in [6.45, 7) is 5.66. The van der Waals surface area contributed by atoms with Gasteiger partial charge in [-0.15, -0.1) is 0 Å². The fraction of sp³-hybridized carbons (Fsp3) is 0.769. The lowest BCUT2D eigenvalue weighted by molar-refractivity contribution is -0.140. The van der Waals surface area contributed by atoms with Crippen LogP contribution in [-0.4, -0.2) is 66.0 Å². The van der Waals surface area contributed by atoms with Crippen LogP contribution in [0.1, 0.15) is 27.2 Å². The van der Waals surface area contributed by atoms with Crippen LogP contribution in [0.2, 0.25) is 0 Å². The summed E-state index contributed by atoms with van der Waals surface area (Å²) in [6, 6.07) is -1.49. The Balaban J connectivity index is 4.79. The zero-order chi connectivity index (χ0) is 15.9. The first-order chi connectivity index (χ1) is 9.20. The average molecular weight is 287 g/mol. The molecular weight excluding hydrogens is 262 g/mol. The first-order valence-electron chi connectivity index (χ1n) is 6.69. The van der Waals surface area contributed by atoms with Crippen LogP contribution < -0.4 is 5.32 Å². The smallest absolute Gasteiger partial charge is 0.326 e. The van der Waals surface area contributed by atoms with Crippen molar-refractivity contribution in [3.63, 3.8) is 0 Å². The molecule has 20 heavy (non-hydrogen) atoms. The quantitative estimate of drug-likeness (QED) is 0.717. The van der Waals surface area contributed by atoms with E-state index in [4.69, 9.17) is 5.11 Å². The highest BCUT2D eigenvalue weighted by Crippen LogP contribution is 2.04. The molecule has 0 fully saturated rings. The van der Waals surface area contributed by atoms with Gasteiger partial charge in [-0.1, -0.05) is 20.8 Å². The number of likely N-dealkylation sites (N-methyl/N-ethyl adjacent to an activating group) is 1. The predicted octanol–water partition coefficient (Wildman–Crippen LogP) is 0.605. The van der Waals surface area contributed by atoms with E-state index >= 15 is 0 Å². The minimum Gasteiger partial charge on any atom is -0.480 e. The molecule has 0 unspecified atom stereocenters. The number of carbonyl (C=O) groups excluding carboxylic acids is 2. The zero-order valence-corrected chi connectivity index (χ0v) is 12.8. The summed E-state index contributed by atoms with van der Waals surface area (Å²) < 4.78 is 0. The number of urea groups is 1. The van der Waals surface area contributed by atoms with Crippen molar-refractivity contribution in [3.05, 3.63) is 0 Å². The average Bonchev–Trinajstić information content (AvgIpc) is 2.33. The van der Waals surface area contributed by atoms with E-state index in [0.29, 0.717) is 13.0 Å². The van der Waals surface area contributed by atoms with Crippen LogP contribution in [-0.2, 0) is 9.59 Å². The number of hydrogen-bond acceptors (Lipinski definition) is 3. The number of carboxylic acid groups (broad SMARTS) is 1. The molecule has 7 nitrogen and oxygen atoms in total. The molecule has 0 aliphatic heterocycles. The fourth-order valence-electron chi connectivity index (χ4n) is 1.56. The molecule has 3 amide bonds. The summed E-state index contributed by atoms with van der Waals surface area (Å²) in [5.41, 5.74) is 0. The van der Waals surface area contributed by atoms with Gasteiger partial charge in [-0.2, -0.15) is 0 Å². The highest BCUT2D eigenvalue weighted by molar-refractivity contribution is 5.86. The third-order valence-electron chi connectivity index (χ3n) is 2.82. The molecule has 0 aliphatic rings. The van der Waals surface area contributed by atoms with E-state index in [1.165, 1.54) is 9.80 Å². The molecule has 0 saturated heterocycles. The Morgan fingerprint density at radius 1 is 1.20 bits per heavy atom. The molecule has 0 rings (SSSR count). The Morgan fingerprint density at radius 3 is 2.10 bits per heavy atom. The second-order valence-electron chi connectivity index (χ2n) is 5.22. The summed E-state index contributed by atoms with van der Waals surface area (Å²) in [7, 11) is 3.22. The van der Waals surface area contributed by atoms with Crippen molar-refractivity contribution in [2.75, 3.05) is 27.2 Å². The fourth-order valence-corrected chi connectivity index (χ4v) is 1.56. The van der Waals surface area contributed by atoms with Crippen molar-refractivity contribution in [3.8, 4) is 0 Å². The maximum atomic E-state index is 12.1. The Labute approximate surface area is 119 Å². The molecular formula is C13H25N3O4. The maximum Gasteiger partial charge on any atom is 0.326 e. The number of hydrogen-bond donors (Lipinski definition) is 2. The van der Waals surface area contributed by atoms with Gasteiger partial charge < -0.3 is 20.2 Å². The van der Waals surface area contributed by atoms with Gasteiger partial charge in [-0.25, -0.2) is 9.59 Å². The summed E-state index contributed by atoms with van der Waals surface area (Å²) in [5, 5.41) is 11.5. The molecule has 1 atom stereocenters. The lowest BCUT2D eigenvalue weighted by Crippen LogP contribution is -2.52. The highest BCUT2D eigenvalue weighted by atomic mass is 16.4. The number of carboxylic acids is 1. The molecule has 0 bridgehead atoms. The molecule has 0 saturated carbocycles. The Kier molecular flexibility index (Phi) is 7.64. The zero-order valence-electron chi connectivity index (χ0n) is 12.8. The molecule has 0 aromatic carbocycles. The first kappa shape index (κ1) is 18.2. The molecule has 0 aromatic rings. The van der Waals surface area contributed by atoms with E-state index in [9.17, 15) is 14.4 Å². The van der Waals surface area contributed by atoms with Crippen LogP contribution in [0.15, 0.2) is 0 Å². The summed E-state index contributed by atoms with van der Waals surface area (Å²) >= 11 is 0. The summed E-state index contributed by atoms with van der Waals surface area (Å²) in [5.74, 6) is -1.52. The number of aliphatic carboxylic acids is 1. The summed E-state index contributed by atoms with van der Waals surface area (Å²) in [4.78, 5) is 37.6. The van der Waals surface area contributed by atoms with E-state index in [-0.39, 0.29) is 18.4 Å². The van der Waals surface area contributed by atoms with Crippen molar-refractivity contribution in [2.24, 2.45) is 5.92 Å². The third kappa shape index (κ3) is 5.90. The molecule has 0 spiro atoms. The normalized spacial score (nSPS) is 11.9. The van der Waals surface area contributed by atoms with E-state index in [2.05, 4.69) is 5.32 Å². The molecule has 2 N–H and O–H groups in total. The van der Waals surface area contributed by atoms with E-state index < -0.39 is 18.0 Å². The second-order valence-corrected chi connectivity index (χ2v) is 5.22. The molecule has 0 heterocycles. The Bertz CT molecular complexity index is 356. The van der Waals surface area contributed by atoms with Gasteiger partial charge in [0.1, 0.15) is 12.6 Å². The van der Waals surface area contributed by atoms with Gasteiger partial charge in [-0.3, -0.25) is 4.79 Å². The number of nitrogens with one attached hydrogen (secondary N) is 1. The van der Waals surface area contributed by atoms with Crippen molar-refractivity contribution < 1.29 is 19.5 Å². The minimum atomic E-state index is -1.08. The molecule has 116 valence electrons. The van der Waals surface area contributed by atoms with Crippen LogP contribution in [0.3, 0.4) is 0 Å². The van der Waals surface area contributed by atoms with Gasteiger partial charge >= 0.3 is 12.0 Å². The predicted molar refractivity (Wildman–Crippen MR) is 75.4 cm³/mol. The van der Waals surface area contributed by atoms with Crippen LogP contribution in [0, 0.1) is 5.92 Å². The van der Waals surface area contributed by atoms with Gasteiger partial charge in [0.15, 0.2) is 0 Å². The lowest BCUT2D eigenvalue weighted by Gasteiger charge is -2.26. The maximum absolute atomic E-state index is 12.1. The number of rotatable bonds is 7. The van der Waals surface area contributed by atoms with Gasteiger partial charge in [0, 0.05) is 20.6 Å². The van der Waals surface area contributed by atoms with Crippen LogP contribution in [0.25, 0.3) is 0 Å². The van der Waals surface area contributed by atoms with Crippen molar-refractivity contribution in [1.29, 1.82) is 0 Å². The standard InChI is InChI=1S/C13H25N3O4/c1-6-7-16(8-10(17)15(4)5)13(20)14-11(9(2)3)12(18)19/h9,11H,6-8H2,1-5H3,(H,14,20)(H,18,19)/t11-/m0/s1. The van der Waals surface area contributed by atoms with Crippen LogP contribution in [0.5, 0.6) is 0 Å². The van der Waals surface area contributed by atoms with Crippen LogP contribution >= 0.6 is 0 Å². The van der Waals surface area contributed by atoms with Crippen molar-refractivity contribution in [2.45, 2.75) is 33.2 Å². The molecule has 7 heteroatoms. The van der Waals surface area contributed by atoms with Gasteiger partial charge in [-0.05, 0) is 12.3 Å². The van der Waals surface area contributed by atoms with Crippen LogP contribution in [0.4, 0.5) is 4.79 Å². The van der Waals surface area contributed by atoms with Gasteiger partial charge in [0.25, 0.3) is 0 Å². The third-order valence-corrected chi connectivity index (χ3v) is 2.82. The molecule has 0 aliphatic carbocycles. The molecule has 0 radical (unpaired) electrons. The van der Waals surface area contributed by atoms with Gasteiger partial charge in [0.05, 0.1) is 0 Å². The topological polar surface area (TPSA) is 90.0 Å². The van der Waals surface area contributed by atoms with E-state index in [0.717, 1.165) is 0 Å². The molecule has 0 aromatic heterocycles. The summed E-state index contributed by atoms with van der Waals surface area (Å²) in [6.07, 6.45) is 0.688. The Morgan fingerprint density at radius 2 is 1.75 bits per heavy atom. The van der Waals surface area contributed by atoms with Crippen molar-refractivity contribution >= 4 is 17.9 Å². The Hall–Kier alpha value is -1.79.